The Hall–Kier alpha value is -2.38. The number of fused-ring (bicyclic) bond motifs is 2. The van der Waals surface area contributed by atoms with Gasteiger partial charge in [0, 0.05) is 51.8 Å². The van der Waals surface area contributed by atoms with Crippen LogP contribution in [0, 0.1) is 0 Å². The number of rotatable bonds is 4. The summed E-state index contributed by atoms with van der Waals surface area (Å²) >= 11 is 0. The maximum Gasteiger partial charge on any atom is 0.256 e. The summed E-state index contributed by atoms with van der Waals surface area (Å²) in [7, 11) is 1.72. The van der Waals surface area contributed by atoms with Crippen LogP contribution < -0.4 is 15.2 Å². The summed E-state index contributed by atoms with van der Waals surface area (Å²) in [6, 6.07) is 7.85. The molecule has 1 saturated heterocycles. The molecule has 138 valence electrons. The van der Waals surface area contributed by atoms with Crippen LogP contribution in [-0.2, 0) is 17.8 Å². The lowest BCUT2D eigenvalue weighted by Crippen LogP contribution is -2.48. The van der Waals surface area contributed by atoms with Gasteiger partial charge in [-0.05, 0) is 11.6 Å². The molecule has 0 unspecified atom stereocenters. The van der Waals surface area contributed by atoms with Crippen molar-refractivity contribution >= 4 is 5.95 Å². The second kappa shape index (κ2) is 7.47. The smallest absolute Gasteiger partial charge is 0.256 e. The zero-order chi connectivity index (χ0) is 17.9. The van der Waals surface area contributed by atoms with E-state index in [0.717, 1.165) is 56.3 Å². The van der Waals surface area contributed by atoms with Crippen molar-refractivity contribution < 1.29 is 9.47 Å². The monoisotopic (exact) mass is 356 g/mol. The molecule has 1 N–H and O–H groups in total. The van der Waals surface area contributed by atoms with E-state index >= 15 is 0 Å². The highest BCUT2D eigenvalue weighted by Gasteiger charge is 2.23. The number of aromatic nitrogens is 2. The number of H-pyrrole nitrogens is 1. The number of nitrogens with one attached hydrogen (secondary N) is 1. The van der Waals surface area contributed by atoms with Gasteiger partial charge >= 0.3 is 0 Å². The molecule has 2 aliphatic rings. The predicted molar refractivity (Wildman–Crippen MR) is 99.0 cm³/mol. The number of para-hydroxylation sites is 1. The predicted octanol–water partition coefficient (Wildman–Crippen LogP) is 1.02. The molecular weight excluding hydrogens is 332 g/mol. The Labute approximate surface area is 152 Å². The largest absolute Gasteiger partial charge is 0.487 e. The van der Waals surface area contributed by atoms with Gasteiger partial charge in [0.15, 0.2) is 0 Å². The molecule has 4 rings (SSSR count). The summed E-state index contributed by atoms with van der Waals surface area (Å²) in [5, 5.41) is 0. The van der Waals surface area contributed by atoms with Crippen LogP contribution in [0.15, 0.2) is 29.1 Å². The van der Waals surface area contributed by atoms with E-state index in [9.17, 15) is 4.79 Å². The number of benzene rings is 1. The molecule has 7 nitrogen and oxygen atoms in total. The molecule has 26 heavy (non-hydrogen) atoms. The van der Waals surface area contributed by atoms with Crippen LogP contribution in [-0.4, -0.2) is 61.3 Å². The van der Waals surface area contributed by atoms with Crippen molar-refractivity contribution in [1.29, 1.82) is 0 Å². The number of aromatic amines is 1. The van der Waals surface area contributed by atoms with Crippen LogP contribution >= 0.6 is 0 Å². The molecule has 7 heteroatoms. The zero-order valence-corrected chi connectivity index (χ0v) is 15.0. The second-order valence-electron chi connectivity index (χ2n) is 6.71. The lowest BCUT2D eigenvalue weighted by molar-refractivity contribution is 0.143. The van der Waals surface area contributed by atoms with Gasteiger partial charge in [-0.1, -0.05) is 18.2 Å². The Kier molecular flexibility index (Phi) is 4.90. The van der Waals surface area contributed by atoms with Crippen molar-refractivity contribution in [3.05, 3.63) is 51.4 Å². The van der Waals surface area contributed by atoms with Crippen LogP contribution in [0.2, 0.25) is 0 Å². The minimum Gasteiger partial charge on any atom is -0.487 e. The molecule has 2 aliphatic heterocycles. The standard InChI is InChI=1S/C19H24N4O3/c1-25-11-10-22-6-8-23(9-7-22)19-20-16-13-26-17-5-3-2-4-14(17)12-15(16)18(24)21-19/h2-5H,6-13H2,1H3,(H,20,21,24). The van der Waals surface area contributed by atoms with Gasteiger partial charge in [-0.25, -0.2) is 4.98 Å². The molecule has 0 atom stereocenters. The number of anilines is 1. The summed E-state index contributed by atoms with van der Waals surface area (Å²) in [5.41, 5.74) is 2.41. The van der Waals surface area contributed by atoms with Crippen molar-refractivity contribution in [3.8, 4) is 5.75 Å². The first-order valence-corrected chi connectivity index (χ1v) is 9.03. The van der Waals surface area contributed by atoms with E-state index < -0.39 is 0 Å². The van der Waals surface area contributed by atoms with Crippen molar-refractivity contribution in [2.24, 2.45) is 0 Å². The van der Waals surface area contributed by atoms with E-state index in [4.69, 9.17) is 14.5 Å². The highest BCUT2D eigenvalue weighted by Crippen LogP contribution is 2.26. The van der Waals surface area contributed by atoms with Gasteiger partial charge in [-0.2, -0.15) is 0 Å². The number of piperazine rings is 1. The van der Waals surface area contributed by atoms with E-state index in [1.807, 2.05) is 24.3 Å². The Morgan fingerprint density at radius 3 is 2.85 bits per heavy atom. The third kappa shape index (κ3) is 3.45. The molecule has 0 radical (unpaired) electrons. The van der Waals surface area contributed by atoms with E-state index in [1.165, 1.54) is 0 Å². The number of methoxy groups -OCH3 is 1. The van der Waals surface area contributed by atoms with E-state index in [0.29, 0.717) is 24.5 Å². The molecule has 0 amide bonds. The third-order valence-corrected chi connectivity index (χ3v) is 5.08. The van der Waals surface area contributed by atoms with Crippen molar-refractivity contribution in [2.75, 3.05) is 51.3 Å². The lowest BCUT2D eigenvalue weighted by Gasteiger charge is -2.34. The maximum absolute atomic E-state index is 12.7. The van der Waals surface area contributed by atoms with Crippen LogP contribution in [0.25, 0.3) is 0 Å². The van der Waals surface area contributed by atoms with Gasteiger partial charge in [-0.15, -0.1) is 0 Å². The van der Waals surface area contributed by atoms with E-state index in [2.05, 4.69) is 14.8 Å². The topological polar surface area (TPSA) is 70.7 Å². The molecule has 0 aliphatic carbocycles. The summed E-state index contributed by atoms with van der Waals surface area (Å²) in [5.74, 6) is 1.48. The van der Waals surface area contributed by atoms with Crippen molar-refractivity contribution in [2.45, 2.75) is 13.0 Å². The minimum absolute atomic E-state index is 0.0629. The molecule has 3 heterocycles. The SMILES string of the molecule is COCCN1CCN(c2nc3c(c(=O)[nH]2)Cc2ccccc2OC3)CC1. The molecule has 0 saturated carbocycles. The first kappa shape index (κ1) is 17.1. The highest BCUT2D eigenvalue weighted by molar-refractivity contribution is 5.42. The molecule has 1 aromatic carbocycles. The average Bonchev–Trinajstić information content (AvgIpc) is 2.87. The Bertz CT molecular complexity index is 828. The number of hydrogen-bond acceptors (Lipinski definition) is 6. The molecule has 1 fully saturated rings. The van der Waals surface area contributed by atoms with E-state index in [-0.39, 0.29) is 5.56 Å². The minimum atomic E-state index is -0.0629. The molecular formula is C19H24N4O3. The van der Waals surface area contributed by atoms with Crippen LogP contribution in [0.5, 0.6) is 5.75 Å². The fraction of sp³-hybridized carbons (Fsp3) is 0.474. The summed E-state index contributed by atoms with van der Waals surface area (Å²) in [6.07, 6.45) is 0.554. The zero-order valence-electron chi connectivity index (χ0n) is 15.0. The Morgan fingerprint density at radius 1 is 1.23 bits per heavy atom. The average molecular weight is 356 g/mol. The summed E-state index contributed by atoms with van der Waals surface area (Å²) < 4.78 is 11.0. The van der Waals surface area contributed by atoms with E-state index in [1.54, 1.807) is 7.11 Å². The molecule has 2 aromatic rings. The third-order valence-electron chi connectivity index (χ3n) is 5.08. The highest BCUT2D eigenvalue weighted by atomic mass is 16.5. The number of hydrogen-bond donors (Lipinski definition) is 1. The summed E-state index contributed by atoms with van der Waals surface area (Å²) in [6.45, 7) is 5.56. The Morgan fingerprint density at radius 2 is 2.04 bits per heavy atom. The van der Waals surface area contributed by atoms with Crippen LogP contribution in [0.1, 0.15) is 16.8 Å². The quantitative estimate of drug-likeness (QED) is 0.882. The molecule has 0 bridgehead atoms. The van der Waals surface area contributed by atoms with Gasteiger partial charge in [-0.3, -0.25) is 14.7 Å². The first-order chi connectivity index (χ1) is 12.7. The van der Waals surface area contributed by atoms with Gasteiger partial charge < -0.3 is 14.4 Å². The molecule has 0 spiro atoms. The van der Waals surface area contributed by atoms with Crippen LogP contribution in [0.3, 0.4) is 0 Å². The maximum atomic E-state index is 12.7. The van der Waals surface area contributed by atoms with Crippen molar-refractivity contribution in [1.82, 2.24) is 14.9 Å². The molecule has 1 aromatic heterocycles. The normalized spacial score (nSPS) is 17.2. The number of ether oxygens (including phenoxy) is 2. The second-order valence-corrected chi connectivity index (χ2v) is 6.71. The van der Waals surface area contributed by atoms with Crippen molar-refractivity contribution in [3.63, 3.8) is 0 Å². The fourth-order valence-corrected chi connectivity index (χ4v) is 3.51. The first-order valence-electron chi connectivity index (χ1n) is 9.03. The van der Waals surface area contributed by atoms with Gasteiger partial charge in [0.05, 0.1) is 12.3 Å². The van der Waals surface area contributed by atoms with Crippen LogP contribution in [0.4, 0.5) is 5.95 Å². The van der Waals surface area contributed by atoms with Gasteiger partial charge in [0.1, 0.15) is 12.4 Å². The lowest BCUT2D eigenvalue weighted by atomic mass is 10.1. The fourth-order valence-electron chi connectivity index (χ4n) is 3.51. The summed E-state index contributed by atoms with van der Waals surface area (Å²) in [4.78, 5) is 24.9. The Balaban J connectivity index is 1.52. The van der Waals surface area contributed by atoms with Gasteiger partial charge in [0.2, 0.25) is 5.95 Å². The van der Waals surface area contributed by atoms with Gasteiger partial charge in [0.25, 0.3) is 5.56 Å². The number of nitrogens with zero attached hydrogens (tertiary/aromatic N) is 3.